The van der Waals surface area contributed by atoms with E-state index >= 15 is 0 Å². The molecule has 1 aliphatic rings. The molecule has 118 valence electrons. The number of aliphatic imine (C=N–C) groups is 1. The van der Waals surface area contributed by atoms with Crippen molar-refractivity contribution in [1.29, 1.82) is 0 Å². The van der Waals surface area contributed by atoms with Crippen LogP contribution in [-0.2, 0) is 11.3 Å². The van der Waals surface area contributed by atoms with Gasteiger partial charge in [-0.1, -0.05) is 37.3 Å². The van der Waals surface area contributed by atoms with Crippen LogP contribution in [0.1, 0.15) is 18.9 Å². The first kappa shape index (κ1) is 16.6. The van der Waals surface area contributed by atoms with Gasteiger partial charge in [0.05, 0.1) is 13.2 Å². The van der Waals surface area contributed by atoms with Crippen LogP contribution in [0.15, 0.2) is 41.4 Å². The van der Waals surface area contributed by atoms with Crippen LogP contribution in [0.4, 0.5) is 0 Å². The summed E-state index contributed by atoms with van der Waals surface area (Å²) in [6.07, 6.45) is 1.01. The normalized spacial score (nSPS) is 13.2. The van der Waals surface area contributed by atoms with Crippen LogP contribution >= 0.6 is 17.0 Å². The van der Waals surface area contributed by atoms with Gasteiger partial charge in [0, 0.05) is 11.9 Å². The van der Waals surface area contributed by atoms with Gasteiger partial charge in [0.1, 0.15) is 12.4 Å². The van der Waals surface area contributed by atoms with E-state index in [1.807, 2.05) is 12.1 Å². The Kier molecular flexibility index (Phi) is 6.07. The van der Waals surface area contributed by atoms with E-state index in [2.05, 4.69) is 41.5 Å². The lowest BCUT2D eigenvalue weighted by Crippen LogP contribution is -2.23. The molecule has 0 bridgehead atoms. The quantitative estimate of drug-likeness (QED) is 0.879. The molecular formula is C17H21BrN2O2. The van der Waals surface area contributed by atoms with Crippen molar-refractivity contribution in [3.05, 3.63) is 42.0 Å². The van der Waals surface area contributed by atoms with E-state index in [9.17, 15) is 0 Å². The molecule has 0 aliphatic carbocycles. The molecule has 0 aromatic heterocycles. The summed E-state index contributed by atoms with van der Waals surface area (Å²) < 4.78 is 11.2. The number of hydrogen-bond donors (Lipinski definition) is 1. The molecule has 2 aromatic rings. The second-order valence-corrected chi connectivity index (χ2v) is 5.01. The summed E-state index contributed by atoms with van der Waals surface area (Å²) in [6, 6.07) is 13.1. The zero-order chi connectivity index (χ0) is 14.5. The molecule has 22 heavy (non-hydrogen) atoms. The number of rotatable bonds is 5. The van der Waals surface area contributed by atoms with Crippen LogP contribution < -0.4 is 10.1 Å². The fourth-order valence-electron chi connectivity index (χ4n) is 2.44. The first-order valence-electron chi connectivity index (χ1n) is 7.43. The summed E-state index contributed by atoms with van der Waals surface area (Å²) in [5.74, 6) is 0.950. The van der Waals surface area contributed by atoms with Gasteiger partial charge < -0.3 is 14.8 Å². The van der Waals surface area contributed by atoms with Crippen molar-refractivity contribution in [2.24, 2.45) is 4.99 Å². The predicted molar refractivity (Wildman–Crippen MR) is 95.1 cm³/mol. The predicted octanol–water partition coefficient (Wildman–Crippen LogP) is 3.68. The monoisotopic (exact) mass is 364 g/mol. The first-order valence-corrected chi connectivity index (χ1v) is 7.43. The SMILES string of the molecule is Br.CCCOc1ccc(CNC2=NCCO2)c2ccccc12. The third-order valence-corrected chi connectivity index (χ3v) is 3.45. The van der Waals surface area contributed by atoms with Gasteiger partial charge >= 0.3 is 0 Å². The van der Waals surface area contributed by atoms with Gasteiger partial charge in [-0.15, -0.1) is 17.0 Å². The average Bonchev–Trinajstić information content (AvgIpc) is 3.04. The van der Waals surface area contributed by atoms with E-state index in [1.54, 1.807) is 0 Å². The Morgan fingerprint density at radius 2 is 2.00 bits per heavy atom. The van der Waals surface area contributed by atoms with Gasteiger partial charge in [-0.3, -0.25) is 0 Å². The Balaban J connectivity index is 0.00000176. The molecule has 0 spiro atoms. The standard InChI is InChI=1S/C17H20N2O2.BrH/c1-2-10-20-16-8-7-13(12-19-17-18-9-11-21-17)14-5-3-4-6-15(14)16;/h3-8H,2,9-12H2,1H3,(H,18,19);1H. The van der Waals surface area contributed by atoms with Crippen LogP contribution in [0.2, 0.25) is 0 Å². The third-order valence-electron chi connectivity index (χ3n) is 3.45. The van der Waals surface area contributed by atoms with Gasteiger partial charge in [0.15, 0.2) is 0 Å². The van der Waals surface area contributed by atoms with E-state index in [0.29, 0.717) is 19.2 Å². The smallest absolute Gasteiger partial charge is 0.285 e. The summed E-state index contributed by atoms with van der Waals surface area (Å²) in [5.41, 5.74) is 1.22. The Morgan fingerprint density at radius 1 is 1.18 bits per heavy atom. The van der Waals surface area contributed by atoms with Gasteiger partial charge in [-0.05, 0) is 23.4 Å². The minimum Gasteiger partial charge on any atom is -0.493 e. The maximum absolute atomic E-state index is 5.83. The lowest BCUT2D eigenvalue weighted by molar-refractivity contribution is 0.321. The number of halogens is 1. The fraction of sp³-hybridized carbons (Fsp3) is 0.353. The summed E-state index contributed by atoms with van der Waals surface area (Å²) >= 11 is 0. The minimum absolute atomic E-state index is 0. The van der Waals surface area contributed by atoms with Crippen LogP contribution in [-0.4, -0.2) is 25.8 Å². The van der Waals surface area contributed by atoms with Crippen LogP contribution in [0, 0.1) is 0 Å². The summed E-state index contributed by atoms with van der Waals surface area (Å²) in [7, 11) is 0. The number of benzene rings is 2. The molecule has 1 aliphatic heterocycles. The lowest BCUT2D eigenvalue weighted by Gasteiger charge is -2.13. The van der Waals surface area contributed by atoms with Gasteiger partial charge in [0.25, 0.3) is 6.02 Å². The highest BCUT2D eigenvalue weighted by Gasteiger charge is 2.09. The number of nitrogens with zero attached hydrogens (tertiary/aromatic N) is 1. The molecule has 3 rings (SSSR count). The van der Waals surface area contributed by atoms with Gasteiger partial charge in [0.2, 0.25) is 0 Å². The average molecular weight is 365 g/mol. The van der Waals surface area contributed by atoms with Gasteiger partial charge in [-0.2, -0.15) is 0 Å². The minimum atomic E-state index is 0. The van der Waals surface area contributed by atoms with E-state index in [4.69, 9.17) is 9.47 Å². The number of nitrogens with one attached hydrogen (secondary N) is 1. The van der Waals surface area contributed by atoms with E-state index in [0.717, 1.165) is 30.7 Å². The Hall–Kier alpha value is -1.75. The van der Waals surface area contributed by atoms with E-state index in [1.165, 1.54) is 10.9 Å². The lowest BCUT2D eigenvalue weighted by atomic mass is 10.0. The first-order chi connectivity index (χ1) is 10.4. The third kappa shape index (κ3) is 3.71. The largest absolute Gasteiger partial charge is 0.493 e. The molecule has 0 saturated carbocycles. The zero-order valence-corrected chi connectivity index (χ0v) is 14.4. The van der Waals surface area contributed by atoms with Crippen molar-refractivity contribution in [2.75, 3.05) is 19.8 Å². The summed E-state index contributed by atoms with van der Waals surface area (Å²) in [5, 5.41) is 5.60. The highest BCUT2D eigenvalue weighted by Crippen LogP contribution is 2.28. The van der Waals surface area contributed by atoms with Crippen molar-refractivity contribution in [3.63, 3.8) is 0 Å². The van der Waals surface area contributed by atoms with Gasteiger partial charge in [-0.25, -0.2) is 4.99 Å². The molecule has 5 heteroatoms. The van der Waals surface area contributed by atoms with Crippen molar-refractivity contribution in [1.82, 2.24) is 5.32 Å². The maximum Gasteiger partial charge on any atom is 0.285 e. The highest BCUT2D eigenvalue weighted by atomic mass is 79.9. The molecule has 0 fully saturated rings. The highest BCUT2D eigenvalue weighted by molar-refractivity contribution is 8.93. The Labute approximate surface area is 141 Å². The Bertz CT molecular complexity index is 658. The molecule has 1 heterocycles. The molecular weight excluding hydrogens is 344 g/mol. The van der Waals surface area contributed by atoms with Crippen molar-refractivity contribution in [3.8, 4) is 5.75 Å². The van der Waals surface area contributed by atoms with Crippen molar-refractivity contribution >= 4 is 33.8 Å². The second kappa shape index (κ2) is 8.03. The zero-order valence-electron chi connectivity index (χ0n) is 12.7. The molecule has 0 saturated heterocycles. The Morgan fingerprint density at radius 3 is 2.73 bits per heavy atom. The molecule has 0 unspecified atom stereocenters. The van der Waals surface area contributed by atoms with Crippen LogP contribution in [0.3, 0.4) is 0 Å². The van der Waals surface area contributed by atoms with Crippen LogP contribution in [0.5, 0.6) is 5.75 Å². The number of amidine groups is 1. The van der Waals surface area contributed by atoms with Crippen LogP contribution in [0.25, 0.3) is 10.8 Å². The molecule has 0 amide bonds. The maximum atomic E-state index is 5.83. The molecule has 1 N–H and O–H groups in total. The van der Waals surface area contributed by atoms with E-state index in [-0.39, 0.29) is 17.0 Å². The molecule has 0 atom stereocenters. The fourth-order valence-corrected chi connectivity index (χ4v) is 2.44. The number of hydrogen-bond acceptors (Lipinski definition) is 4. The summed E-state index contributed by atoms with van der Waals surface area (Å²) in [6.45, 7) is 4.97. The number of fused-ring (bicyclic) bond motifs is 1. The van der Waals surface area contributed by atoms with Crippen molar-refractivity contribution < 1.29 is 9.47 Å². The summed E-state index contributed by atoms with van der Waals surface area (Å²) in [4.78, 5) is 4.25. The molecule has 0 radical (unpaired) electrons. The topological polar surface area (TPSA) is 42.8 Å². The van der Waals surface area contributed by atoms with Crippen molar-refractivity contribution in [2.45, 2.75) is 19.9 Å². The van der Waals surface area contributed by atoms with E-state index < -0.39 is 0 Å². The molecule has 4 nitrogen and oxygen atoms in total. The molecule has 2 aromatic carbocycles. The second-order valence-electron chi connectivity index (χ2n) is 5.01. The number of ether oxygens (including phenoxy) is 2.